The zero-order valence-corrected chi connectivity index (χ0v) is 25.1. The van der Waals surface area contributed by atoms with Crippen molar-refractivity contribution in [3.63, 3.8) is 0 Å². The second kappa shape index (κ2) is 12.1. The van der Waals surface area contributed by atoms with E-state index in [9.17, 15) is 14.4 Å². The molecular formula is C31H38N2O6S. The van der Waals surface area contributed by atoms with Crippen molar-refractivity contribution < 1.29 is 28.6 Å². The number of carbonyl (C=O) groups excluding carboxylic acids is 3. The van der Waals surface area contributed by atoms with E-state index in [1.807, 2.05) is 52.0 Å². The van der Waals surface area contributed by atoms with Crippen LogP contribution in [0.15, 0.2) is 42.6 Å². The van der Waals surface area contributed by atoms with E-state index in [1.54, 1.807) is 36.9 Å². The van der Waals surface area contributed by atoms with Crippen molar-refractivity contribution in [1.82, 2.24) is 9.47 Å². The van der Waals surface area contributed by atoms with Gasteiger partial charge >= 0.3 is 12.1 Å². The lowest BCUT2D eigenvalue weighted by Gasteiger charge is -2.39. The van der Waals surface area contributed by atoms with Crippen LogP contribution in [-0.4, -0.2) is 58.3 Å². The Hall–Kier alpha value is -3.30. The van der Waals surface area contributed by atoms with Crippen LogP contribution in [0.4, 0.5) is 4.79 Å². The average Bonchev–Trinajstić information content (AvgIpc) is 3.35. The van der Waals surface area contributed by atoms with Crippen LogP contribution in [0.1, 0.15) is 73.6 Å². The van der Waals surface area contributed by atoms with Crippen LogP contribution in [-0.2, 0) is 20.8 Å². The number of ether oxygens (including phenoxy) is 3. The van der Waals surface area contributed by atoms with Gasteiger partial charge in [-0.05, 0) is 75.9 Å². The summed E-state index contributed by atoms with van der Waals surface area (Å²) in [5.74, 6) is 0.380. The van der Waals surface area contributed by atoms with Crippen LogP contribution in [0.2, 0.25) is 0 Å². The molecule has 3 aromatic rings. The summed E-state index contributed by atoms with van der Waals surface area (Å²) in [6.45, 7) is 10.5. The molecule has 2 aromatic carbocycles. The standard InChI is InChI=1S/C31H38N2O6S/c1-19-16-27(37-6)25(24-13-15-33(28(19)24)30(36)39-31(3,4)5)18-32-14-12-23(40-20(2)34)17-26(32)21-8-10-22(11-9-21)29(35)38-7/h8-11,13,15-16,23,26H,12,14,17-18H2,1-7H3/t23-,26-/m0/s1. The quantitative estimate of drug-likeness (QED) is 0.312. The van der Waals surface area contributed by atoms with Gasteiger partial charge < -0.3 is 14.2 Å². The van der Waals surface area contributed by atoms with Gasteiger partial charge in [0.25, 0.3) is 0 Å². The first kappa shape index (κ1) is 29.7. The summed E-state index contributed by atoms with van der Waals surface area (Å²) in [4.78, 5) is 39.4. The Morgan fingerprint density at radius 3 is 2.38 bits per heavy atom. The Morgan fingerprint density at radius 2 is 1.77 bits per heavy atom. The maximum Gasteiger partial charge on any atom is 0.419 e. The third-order valence-corrected chi connectivity index (χ3v) is 8.21. The number of hydrogen-bond acceptors (Lipinski definition) is 8. The number of hydrogen-bond donors (Lipinski definition) is 0. The van der Waals surface area contributed by atoms with Crippen LogP contribution >= 0.6 is 11.8 Å². The van der Waals surface area contributed by atoms with Gasteiger partial charge in [0, 0.05) is 48.5 Å². The molecule has 4 rings (SSSR count). The second-order valence-corrected chi connectivity index (χ2v) is 12.6. The summed E-state index contributed by atoms with van der Waals surface area (Å²) < 4.78 is 17.9. The molecule has 2 atom stereocenters. The molecule has 0 amide bonds. The van der Waals surface area contributed by atoms with E-state index in [1.165, 1.54) is 18.9 Å². The fraction of sp³-hybridized carbons (Fsp3) is 0.452. The molecule has 2 heterocycles. The molecule has 0 unspecified atom stereocenters. The molecule has 1 aromatic heterocycles. The number of aryl methyl sites for hydroxylation is 1. The van der Waals surface area contributed by atoms with Crippen molar-refractivity contribution in [1.29, 1.82) is 0 Å². The molecule has 0 aliphatic carbocycles. The number of thioether (sulfide) groups is 1. The normalized spacial score (nSPS) is 18.0. The summed E-state index contributed by atoms with van der Waals surface area (Å²) >= 11 is 1.40. The van der Waals surface area contributed by atoms with Crippen LogP contribution < -0.4 is 4.74 Å². The number of piperidine rings is 1. The van der Waals surface area contributed by atoms with Gasteiger partial charge in [0.15, 0.2) is 5.12 Å². The third-order valence-electron chi connectivity index (χ3n) is 7.12. The molecule has 8 nitrogen and oxygen atoms in total. The molecular weight excluding hydrogens is 528 g/mol. The number of likely N-dealkylation sites (tertiary alicyclic amines) is 1. The molecule has 1 aliphatic rings. The maximum absolute atomic E-state index is 13.0. The van der Waals surface area contributed by atoms with Crippen molar-refractivity contribution in [2.75, 3.05) is 20.8 Å². The highest BCUT2D eigenvalue weighted by atomic mass is 32.2. The van der Waals surface area contributed by atoms with Gasteiger partial charge in [-0.3, -0.25) is 14.3 Å². The Bertz CT molecular complexity index is 1410. The topological polar surface area (TPSA) is 87.1 Å². The lowest BCUT2D eigenvalue weighted by atomic mass is 9.93. The smallest absolute Gasteiger partial charge is 0.419 e. The molecule has 1 saturated heterocycles. The van der Waals surface area contributed by atoms with Crippen LogP contribution in [0.25, 0.3) is 10.9 Å². The minimum absolute atomic E-state index is 0.0197. The van der Waals surface area contributed by atoms with Crippen LogP contribution in [0.5, 0.6) is 5.75 Å². The molecule has 0 bridgehead atoms. The summed E-state index contributed by atoms with van der Waals surface area (Å²) in [5.41, 5.74) is 3.64. The predicted molar refractivity (Wildman–Crippen MR) is 157 cm³/mol. The molecule has 0 radical (unpaired) electrons. The molecule has 0 spiro atoms. The average molecular weight is 567 g/mol. The number of fused-ring (bicyclic) bond motifs is 1. The molecule has 0 N–H and O–H groups in total. The fourth-order valence-corrected chi connectivity index (χ4v) is 6.36. The van der Waals surface area contributed by atoms with Gasteiger partial charge in [-0.25, -0.2) is 9.59 Å². The van der Waals surface area contributed by atoms with E-state index in [4.69, 9.17) is 14.2 Å². The van der Waals surface area contributed by atoms with Gasteiger partial charge in [-0.1, -0.05) is 23.9 Å². The molecule has 1 fully saturated rings. The highest BCUT2D eigenvalue weighted by molar-refractivity contribution is 8.14. The second-order valence-electron chi connectivity index (χ2n) is 11.2. The van der Waals surface area contributed by atoms with E-state index in [2.05, 4.69) is 4.90 Å². The number of nitrogens with zero attached hydrogens (tertiary/aromatic N) is 2. The third kappa shape index (κ3) is 6.53. The van der Waals surface area contributed by atoms with E-state index in [-0.39, 0.29) is 22.4 Å². The van der Waals surface area contributed by atoms with E-state index in [0.29, 0.717) is 12.1 Å². The molecule has 40 heavy (non-hydrogen) atoms. The van der Waals surface area contributed by atoms with Crippen molar-refractivity contribution in [3.8, 4) is 5.75 Å². The number of benzene rings is 2. The van der Waals surface area contributed by atoms with Gasteiger partial charge in [-0.15, -0.1) is 0 Å². The first-order valence-corrected chi connectivity index (χ1v) is 14.3. The monoisotopic (exact) mass is 566 g/mol. The highest BCUT2D eigenvalue weighted by Gasteiger charge is 2.32. The summed E-state index contributed by atoms with van der Waals surface area (Å²) in [7, 11) is 3.03. The van der Waals surface area contributed by atoms with Crippen molar-refractivity contribution >= 4 is 39.8 Å². The summed E-state index contributed by atoms with van der Waals surface area (Å²) in [6, 6.07) is 11.4. The number of esters is 1. The van der Waals surface area contributed by atoms with Crippen molar-refractivity contribution in [2.24, 2.45) is 0 Å². The zero-order chi connectivity index (χ0) is 29.2. The fourth-order valence-electron chi connectivity index (χ4n) is 5.39. The first-order chi connectivity index (χ1) is 18.9. The number of methoxy groups -OCH3 is 2. The Labute approximate surface area is 239 Å². The van der Waals surface area contributed by atoms with E-state index >= 15 is 0 Å². The predicted octanol–water partition coefficient (Wildman–Crippen LogP) is 6.51. The van der Waals surface area contributed by atoms with E-state index < -0.39 is 11.7 Å². The molecule has 9 heteroatoms. The van der Waals surface area contributed by atoms with Gasteiger partial charge in [0.05, 0.1) is 25.3 Å². The Morgan fingerprint density at radius 1 is 1.07 bits per heavy atom. The SMILES string of the molecule is COC(=O)c1ccc([C@@H]2C[C@@H](SC(C)=O)CCN2Cc2c(OC)cc(C)c3c2ccn3C(=O)OC(C)(C)C)cc1. The summed E-state index contributed by atoms with van der Waals surface area (Å²) in [6.07, 6.45) is 3.00. The van der Waals surface area contributed by atoms with Gasteiger partial charge in [0.2, 0.25) is 0 Å². The van der Waals surface area contributed by atoms with Crippen molar-refractivity contribution in [2.45, 2.75) is 70.9 Å². The highest BCUT2D eigenvalue weighted by Crippen LogP contribution is 2.40. The first-order valence-electron chi connectivity index (χ1n) is 13.4. The van der Waals surface area contributed by atoms with E-state index in [0.717, 1.165) is 52.7 Å². The molecule has 0 saturated carbocycles. The molecule has 214 valence electrons. The largest absolute Gasteiger partial charge is 0.496 e. The van der Waals surface area contributed by atoms with Gasteiger partial charge in [-0.2, -0.15) is 0 Å². The van der Waals surface area contributed by atoms with Crippen LogP contribution in [0, 0.1) is 6.92 Å². The number of rotatable bonds is 6. The zero-order valence-electron chi connectivity index (χ0n) is 24.3. The minimum atomic E-state index is -0.615. The minimum Gasteiger partial charge on any atom is -0.496 e. The lowest BCUT2D eigenvalue weighted by molar-refractivity contribution is -0.109. The number of carbonyl (C=O) groups is 3. The number of aromatic nitrogens is 1. The maximum atomic E-state index is 13.0. The Kier molecular flexibility index (Phi) is 8.95. The van der Waals surface area contributed by atoms with Crippen LogP contribution in [0.3, 0.4) is 0 Å². The lowest BCUT2D eigenvalue weighted by Crippen LogP contribution is -2.38. The summed E-state index contributed by atoms with van der Waals surface area (Å²) in [5, 5.41) is 1.25. The van der Waals surface area contributed by atoms with Crippen molar-refractivity contribution in [3.05, 3.63) is 64.8 Å². The Balaban J connectivity index is 1.73. The molecule has 1 aliphatic heterocycles. The van der Waals surface area contributed by atoms with Gasteiger partial charge in [0.1, 0.15) is 11.4 Å².